The maximum Gasteiger partial charge on any atom is 0.272 e. The molecule has 2 aromatic heterocycles. The Balaban J connectivity index is 2.23. The molecule has 0 saturated carbocycles. The summed E-state index contributed by atoms with van der Waals surface area (Å²) in [4.78, 5) is 16.2. The summed E-state index contributed by atoms with van der Waals surface area (Å²) < 4.78 is 0. The Morgan fingerprint density at radius 3 is 2.39 bits per heavy atom. The molecule has 0 radical (unpaired) electrons. The molecule has 2 heterocycles. The molecule has 3 aromatic rings. The molecule has 2 N–H and O–H groups in total. The zero-order valence-electron chi connectivity index (χ0n) is 9.55. The lowest BCUT2D eigenvalue weighted by molar-refractivity contribution is 1.05. The lowest BCUT2D eigenvalue weighted by Gasteiger charge is -2.01. The molecule has 0 aliphatic rings. The van der Waals surface area contributed by atoms with Crippen LogP contribution in [0.3, 0.4) is 0 Å². The predicted molar refractivity (Wildman–Crippen MR) is 70.1 cm³/mol. The number of benzene rings is 1. The van der Waals surface area contributed by atoms with Gasteiger partial charge in [0, 0.05) is 6.20 Å². The van der Waals surface area contributed by atoms with Crippen molar-refractivity contribution in [2.75, 3.05) is 0 Å². The number of rotatable bonds is 2. The van der Waals surface area contributed by atoms with Crippen molar-refractivity contribution < 1.29 is 0 Å². The fourth-order valence-electron chi connectivity index (χ4n) is 1.94. The Hall–Kier alpha value is -2.62. The number of H-pyrrole nitrogens is 2. The molecule has 3 rings (SSSR count). The number of aromatic nitrogens is 3. The molecule has 0 saturated heterocycles. The molecule has 0 unspecified atom stereocenters. The minimum atomic E-state index is -0.137. The summed E-state index contributed by atoms with van der Waals surface area (Å²) in [5, 5.41) is 5.50. The van der Waals surface area contributed by atoms with Gasteiger partial charge in [0.05, 0.1) is 17.0 Å². The predicted octanol–water partition coefficient (Wildman–Crippen LogP) is 2.43. The van der Waals surface area contributed by atoms with Crippen LogP contribution in [0.15, 0.2) is 59.5 Å². The minimum Gasteiger partial charge on any atom is -0.295 e. The molecule has 0 spiro atoms. The first kappa shape index (κ1) is 10.5. The summed E-state index contributed by atoms with van der Waals surface area (Å²) in [5.74, 6) is 0. The number of hydrogen-bond donors (Lipinski definition) is 2. The van der Waals surface area contributed by atoms with Gasteiger partial charge in [0.2, 0.25) is 0 Å². The zero-order chi connectivity index (χ0) is 12.4. The van der Waals surface area contributed by atoms with Crippen molar-refractivity contribution in [2.24, 2.45) is 0 Å². The van der Waals surface area contributed by atoms with E-state index in [-0.39, 0.29) is 5.56 Å². The SMILES string of the molecule is O=c1[nH][nH]c(-c2ccccn2)c1-c1ccccc1. The third-order valence-electron chi connectivity index (χ3n) is 2.76. The third kappa shape index (κ3) is 1.73. The van der Waals surface area contributed by atoms with Gasteiger partial charge < -0.3 is 0 Å². The highest BCUT2D eigenvalue weighted by Gasteiger charge is 2.13. The molecule has 1 aromatic carbocycles. The Labute approximate surface area is 103 Å². The van der Waals surface area contributed by atoms with E-state index in [2.05, 4.69) is 15.2 Å². The summed E-state index contributed by atoms with van der Waals surface area (Å²) in [6.07, 6.45) is 1.70. The number of aromatic amines is 2. The van der Waals surface area contributed by atoms with Crippen LogP contribution >= 0.6 is 0 Å². The van der Waals surface area contributed by atoms with Crippen LogP contribution in [0.1, 0.15) is 0 Å². The first-order valence-corrected chi connectivity index (χ1v) is 5.64. The van der Waals surface area contributed by atoms with Crippen LogP contribution in [0.4, 0.5) is 0 Å². The van der Waals surface area contributed by atoms with E-state index in [4.69, 9.17) is 0 Å². The van der Waals surface area contributed by atoms with E-state index in [0.717, 1.165) is 11.3 Å². The van der Waals surface area contributed by atoms with E-state index >= 15 is 0 Å². The summed E-state index contributed by atoms with van der Waals surface area (Å²) in [7, 11) is 0. The summed E-state index contributed by atoms with van der Waals surface area (Å²) in [5.41, 5.74) is 2.82. The second-order valence-electron chi connectivity index (χ2n) is 3.91. The first-order valence-electron chi connectivity index (χ1n) is 5.64. The number of hydrogen-bond acceptors (Lipinski definition) is 2. The van der Waals surface area contributed by atoms with E-state index in [9.17, 15) is 4.79 Å². The van der Waals surface area contributed by atoms with Gasteiger partial charge >= 0.3 is 0 Å². The van der Waals surface area contributed by atoms with Crippen molar-refractivity contribution in [1.29, 1.82) is 0 Å². The van der Waals surface area contributed by atoms with E-state index in [0.29, 0.717) is 11.3 Å². The Morgan fingerprint density at radius 2 is 1.67 bits per heavy atom. The monoisotopic (exact) mass is 237 g/mol. The lowest BCUT2D eigenvalue weighted by atomic mass is 10.0. The smallest absolute Gasteiger partial charge is 0.272 e. The van der Waals surface area contributed by atoms with Crippen LogP contribution in [0, 0.1) is 0 Å². The maximum absolute atomic E-state index is 11.9. The fourth-order valence-corrected chi connectivity index (χ4v) is 1.94. The van der Waals surface area contributed by atoms with Crippen molar-refractivity contribution in [3.05, 3.63) is 65.1 Å². The van der Waals surface area contributed by atoms with Gasteiger partial charge in [-0.25, -0.2) is 0 Å². The van der Waals surface area contributed by atoms with E-state index in [1.165, 1.54) is 0 Å². The van der Waals surface area contributed by atoms with Gasteiger partial charge in [-0.15, -0.1) is 0 Å². The van der Waals surface area contributed by atoms with Crippen molar-refractivity contribution in [2.45, 2.75) is 0 Å². The van der Waals surface area contributed by atoms with Crippen molar-refractivity contribution in [3.8, 4) is 22.5 Å². The highest BCUT2D eigenvalue weighted by atomic mass is 16.1. The zero-order valence-corrected chi connectivity index (χ0v) is 9.55. The summed E-state index contributed by atoms with van der Waals surface area (Å²) in [6, 6.07) is 15.2. The molecule has 0 aliphatic carbocycles. The van der Waals surface area contributed by atoms with Crippen molar-refractivity contribution >= 4 is 0 Å². The van der Waals surface area contributed by atoms with E-state index < -0.39 is 0 Å². The fraction of sp³-hybridized carbons (Fsp3) is 0. The quantitative estimate of drug-likeness (QED) is 0.719. The van der Waals surface area contributed by atoms with Gasteiger partial charge in [-0.2, -0.15) is 0 Å². The van der Waals surface area contributed by atoms with Crippen LogP contribution in [0.2, 0.25) is 0 Å². The maximum atomic E-state index is 11.9. The van der Waals surface area contributed by atoms with Crippen molar-refractivity contribution in [1.82, 2.24) is 15.2 Å². The highest BCUT2D eigenvalue weighted by Crippen LogP contribution is 2.25. The molecule has 4 heteroatoms. The van der Waals surface area contributed by atoms with E-state index in [1.54, 1.807) is 6.20 Å². The molecule has 88 valence electrons. The second kappa shape index (κ2) is 4.33. The van der Waals surface area contributed by atoms with Gasteiger partial charge in [0.15, 0.2) is 0 Å². The Morgan fingerprint density at radius 1 is 0.889 bits per heavy atom. The van der Waals surface area contributed by atoms with Gasteiger partial charge in [-0.1, -0.05) is 36.4 Å². The first-order chi connectivity index (χ1) is 8.86. The average Bonchev–Trinajstić information content (AvgIpc) is 2.83. The molecular formula is C14H11N3O. The van der Waals surface area contributed by atoms with Crippen LogP contribution < -0.4 is 5.56 Å². The molecular weight excluding hydrogens is 226 g/mol. The normalized spacial score (nSPS) is 10.4. The average molecular weight is 237 g/mol. The van der Waals surface area contributed by atoms with Crippen LogP contribution in [-0.2, 0) is 0 Å². The largest absolute Gasteiger partial charge is 0.295 e. The second-order valence-corrected chi connectivity index (χ2v) is 3.91. The Kier molecular flexibility index (Phi) is 2.53. The van der Waals surface area contributed by atoms with Gasteiger partial charge in [-0.05, 0) is 17.7 Å². The minimum absolute atomic E-state index is 0.137. The molecule has 4 nitrogen and oxygen atoms in total. The number of nitrogens with zero attached hydrogens (tertiary/aromatic N) is 1. The summed E-state index contributed by atoms with van der Waals surface area (Å²) in [6.45, 7) is 0. The van der Waals surface area contributed by atoms with Crippen LogP contribution in [0.5, 0.6) is 0 Å². The standard InChI is InChI=1S/C14H11N3O/c18-14-12(10-6-2-1-3-7-10)13(16-17-14)11-8-4-5-9-15-11/h1-9H,(H2,16,17,18). The molecule has 0 amide bonds. The van der Waals surface area contributed by atoms with Gasteiger partial charge in [0.1, 0.15) is 0 Å². The van der Waals surface area contributed by atoms with Crippen molar-refractivity contribution in [3.63, 3.8) is 0 Å². The molecule has 0 bridgehead atoms. The number of nitrogens with one attached hydrogen (secondary N) is 2. The number of pyridine rings is 1. The van der Waals surface area contributed by atoms with Crippen LogP contribution in [0.25, 0.3) is 22.5 Å². The molecule has 0 aliphatic heterocycles. The van der Waals surface area contributed by atoms with E-state index in [1.807, 2.05) is 48.5 Å². The molecule has 0 atom stereocenters. The lowest BCUT2D eigenvalue weighted by Crippen LogP contribution is -2.01. The van der Waals surface area contributed by atoms with Gasteiger partial charge in [0.25, 0.3) is 5.56 Å². The highest BCUT2D eigenvalue weighted by molar-refractivity contribution is 5.78. The third-order valence-corrected chi connectivity index (χ3v) is 2.76. The summed E-state index contributed by atoms with van der Waals surface area (Å²) >= 11 is 0. The molecule has 18 heavy (non-hydrogen) atoms. The van der Waals surface area contributed by atoms with Gasteiger partial charge in [-0.3, -0.25) is 20.0 Å². The molecule has 0 fully saturated rings. The Bertz CT molecular complexity index is 699. The topological polar surface area (TPSA) is 61.5 Å². The van der Waals surface area contributed by atoms with Crippen LogP contribution in [-0.4, -0.2) is 15.2 Å².